The molecule has 6 aromatic rings. The van der Waals surface area contributed by atoms with Crippen molar-refractivity contribution < 1.29 is 43.4 Å². The van der Waals surface area contributed by atoms with E-state index in [2.05, 4.69) is 20.0 Å². The van der Waals surface area contributed by atoms with Gasteiger partial charge in [0.05, 0.1) is 22.3 Å². The number of Topliss-reactive ketones (excluding diaryl/α,β-unsaturated/α-hetero) is 4. The molecule has 0 unspecified atom stereocenters. The Hall–Kier alpha value is -7.68. The molecule has 10 N–H and O–H groups in total. The van der Waals surface area contributed by atoms with Crippen LogP contribution in [0.3, 0.4) is 0 Å². The molecular formula is C60H74N10O9S. The zero-order chi connectivity index (χ0) is 57.3. The van der Waals surface area contributed by atoms with Crippen molar-refractivity contribution in [1.82, 2.24) is 19.8 Å². The molecule has 0 saturated carbocycles. The zero-order valence-corrected chi connectivity index (χ0v) is 46.3. The molecule has 2 aromatic heterocycles. The summed E-state index contributed by atoms with van der Waals surface area (Å²) in [5, 5.41) is 21.8. The summed E-state index contributed by atoms with van der Waals surface area (Å²) in [4.78, 5) is 101. The highest BCUT2D eigenvalue weighted by Gasteiger charge is 2.44. The van der Waals surface area contributed by atoms with Crippen molar-refractivity contribution in [3.63, 3.8) is 0 Å². The number of nitrogens with zero attached hydrogens (tertiary/aromatic N) is 6. The van der Waals surface area contributed by atoms with Gasteiger partial charge in [-0.05, 0) is 111 Å². The summed E-state index contributed by atoms with van der Waals surface area (Å²) in [6.07, 6.45) is 2.19. The van der Waals surface area contributed by atoms with Gasteiger partial charge in [-0.1, -0.05) is 98.8 Å². The Kier molecular flexibility index (Phi) is 21.7. The normalized spacial score (nSPS) is 18.4. The summed E-state index contributed by atoms with van der Waals surface area (Å²) in [6.45, 7) is 5.30. The molecule has 2 amide bonds. The van der Waals surface area contributed by atoms with Gasteiger partial charge in [0.1, 0.15) is 17.7 Å². The number of aromatic nitrogens is 2. The number of aliphatic hydroxyl groups is 2. The van der Waals surface area contributed by atoms with Crippen molar-refractivity contribution in [2.24, 2.45) is 56.6 Å². The third-order valence-corrected chi connectivity index (χ3v) is 16.0. The smallest absolute Gasteiger partial charge is 0.264 e. The number of aliphatic hydroxyl groups excluding tert-OH is 2. The molecule has 424 valence electrons. The number of ketones is 4. The number of fused-ring (bicyclic) bond motifs is 2. The molecule has 0 bridgehead atoms. The lowest BCUT2D eigenvalue weighted by Crippen LogP contribution is -2.47. The van der Waals surface area contributed by atoms with Crippen molar-refractivity contribution >= 4 is 79.5 Å². The Morgan fingerprint density at radius 1 is 0.600 bits per heavy atom. The molecule has 2 saturated heterocycles. The number of oxazole rings is 1. The molecule has 0 radical (unpaired) electrons. The Morgan fingerprint density at radius 2 is 1.05 bits per heavy atom. The standard InChI is InChI=1S/C30H37N5O5.C30H37N5O4S/c2*1-19-15-17-35(29(39)23(36)14-13-20-8-3-2-4-9-20)26(19)24(37)18-21(10-7-16-33-30(31)32)27(38)28-34-22-11-5-6-12-25(22)40-28/h2*2-6,8-9,11-12,19,21,23,26,36H,7,10,13-18H2,1H3,(H4,31,32,33)/t2*19-,21+,23+,26-/m00/s1. The summed E-state index contributed by atoms with van der Waals surface area (Å²) in [5.74, 6) is -3.46. The Labute approximate surface area is 469 Å². The molecule has 19 nitrogen and oxygen atoms in total. The maximum Gasteiger partial charge on any atom is 0.264 e. The van der Waals surface area contributed by atoms with Crippen LogP contribution < -0.4 is 22.9 Å². The van der Waals surface area contributed by atoms with E-state index >= 15 is 0 Å². The van der Waals surface area contributed by atoms with Crippen molar-refractivity contribution in [3.05, 3.63) is 131 Å². The highest BCUT2D eigenvalue weighted by molar-refractivity contribution is 7.20. The van der Waals surface area contributed by atoms with Crippen LogP contribution in [-0.4, -0.2) is 127 Å². The van der Waals surface area contributed by atoms with Gasteiger partial charge in [0, 0.05) is 50.9 Å². The van der Waals surface area contributed by atoms with Gasteiger partial charge in [0.25, 0.3) is 17.7 Å². The SMILES string of the molecule is C[C@H]1CCN(C(=O)[C@H](O)CCc2ccccc2)[C@@H]1C(=O)C[C@@H](CCCN=C(N)N)C(=O)c1nc2ccccc2o1.C[C@H]1CCN(C(=O)[C@H](O)CCc2ccccc2)[C@@H]1C(=O)C[C@@H](CCCN=C(N)N)C(=O)c1nc2ccccc2s1. The van der Waals surface area contributed by atoms with Crippen LogP contribution in [0.2, 0.25) is 0 Å². The zero-order valence-electron chi connectivity index (χ0n) is 45.5. The van der Waals surface area contributed by atoms with Crippen LogP contribution >= 0.6 is 11.3 Å². The average molecular weight is 1110 g/mol. The number of nitrogens with two attached hydrogens (primary N) is 4. The molecule has 80 heavy (non-hydrogen) atoms. The predicted octanol–water partition coefficient (Wildman–Crippen LogP) is 6.21. The first kappa shape index (κ1) is 60.0. The highest BCUT2D eigenvalue weighted by Crippen LogP contribution is 2.33. The van der Waals surface area contributed by atoms with Crippen LogP contribution in [-0.2, 0) is 32.0 Å². The Bertz CT molecular complexity index is 2850. The second kappa shape index (κ2) is 29.0. The minimum absolute atomic E-state index is 0.0184. The van der Waals surface area contributed by atoms with Gasteiger partial charge < -0.3 is 47.4 Å². The Balaban J connectivity index is 0.000000231. The second-order valence-corrected chi connectivity index (χ2v) is 21.9. The summed E-state index contributed by atoms with van der Waals surface area (Å²) in [6, 6.07) is 32.5. The molecule has 8 rings (SSSR count). The number of aryl methyl sites for hydroxylation is 2. The number of hydrogen-bond acceptors (Lipinski definition) is 14. The molecule has 8 atom stereocenters. The lowest BCUT2D eigenvalue weighted by molar-refractivity contribution is -0.145. The fourth-order valence-corrected chi connectivity index (χ4v) is 11.7. The average Bonchev–Trinajstić information content (AvgIpc) is 4.30. The van der Waals surface area contributed by atoms with Crippen molar-refractivity contribution in [2.75, 3.05) is 26.2 Å². The number of carbonyl (C=O) groups excluding carboxylic acids is 6. The summed E-state index contributed by atoms with van der Waals surface area (Å²) >= 11 is 1.31. The van der Waals surface area contributed by atoms with Gasteiger partial charge in [-0.25, -0.2) is 9.97 Å². The quantitative estimate of drug-likeness (QED) is 0.0152. The van der Waals surface area contributed by atoms with E-state index < -0.39 is 47.9 Å². The molecule has 2 aliphatic rings. The van der Waals surface area contributed by atoms with Crippen molar-refractivity contribution in [1.29, 1.82) is 0 Å². The topological polar surface area (TPSA) is 317 Å². The maximum atomic E-state index is 13.7. The predicted molar refractivity (Wildman–Crippen MR) is 308 cm³/mol. The number of likely N-dealkylation sites (tertiary alicyclic amines) is 2. The molecule has 2 aliphatic heterocycles. The minimum atomic E-state index is -1.21. The number of aliphatic imine (C=N–C) groups is 2. The minimum Gasteiger partial charge on any atom is -0.434 e. The van der Waals surface area contributed by atoms with Crippen LogP contribution in [0.4, 0.5) is 0 Å². The summed E-state index contributed by atoms with van der Waals surface area (Å²) < 4.78 is 6.61. The Morgan fingerprint density at radius 3 is 1.52 bits per heavy atom. The molecule has 20 heteroatoms. The van der Waals surface area contributed by atoms with Crippen LogP contribution in [0, 0.1) is 23.7 Å². The molecule has 4 aromatic carbocycles. The van der Waals surface area contributed by atoms with Crippen molar-refractivity contribution in [3.8, 4) is 0 Å². The van der Waals surface area contributed by atoms with E-state index in [0.29, 0.717) is 93.7 Å². The van der Waals surface area contributed by atoms with Gasteiger partial charge in [-0.2, -0.15) is 0 Å². The second-order valence-electron chi connectivity index (χ2n) is 20.9. The number of hydrogen-bond donors (Lipinski definition) is 6. The largest absolute Gasteiger partial charge is 0.434 e. The van der Waals surface area contributed by atoms with Gasteiger partial charge >= 0.3 is 0 Å². The van der Waals surface area contributed by atoms with E-state index in [1.807, 2.05) is 98.8 Å². The molecule has 2 fully saturated rings. The first-order valence-corrected chi connectivity index (χ1v) is 28.3. The third kappa shape index (κ3) is 16.2. The fraction of sp³-hybridized carbons (Fsp3) is 0.433. The van der Waals surface area contributed by atoms with E-state index in [4.69, 9.17) is 27.4 Å². The van der Waals surface area contributed by atoms with Crippen LogP contribution in [0.1, 0.15) is 110 Å². The third-order valence-electron chi connectivity index (χ3n) is 15.0. The van der Waals surface area contributed by atoms with Gasteiger partial charge in [0.2, 0.25) is 5.78 Å². The molecule has 4 heterocycles. The number of thiazole rings is 1. The summed E-state index contributed by atoms with van der Waals surface area (Å²) in [7, 11) is 0. The number of guanidine groups is 2. The monoisotopic (exact) mass is 1110 g/mol. The summed E-state index contributed by atoms with van der Waals surface area (Å²) in [5.41, 5.74) is 25.6. The lowest BCUT2D eigenvalue weighted by atomic mass is 9.87. The van der Waals surface area contributed by atoms with Gasteiger partial charge in [-0.3, -0.25) is 38.8 Å². The van der Waals surface area contributed by atoms with Crippen LogP contribution in [0.15, 0.2) is 124 Å². The first-order valence-electron chi connectivity index (χ1n) is 27.5. The number of carbonyl (C=O) groups is 6. The molecule has 0 aliphatic carbocycles. The lowest BCUT2D eigenvalue weighted by Gasteiger charge is -2.29. The maximum absolute atomic E-state index is 13.7. The highest BCUT2D eigenvalue weighted by atomic mass is 32.1. The number of rotatable bonds is 26. The first-order chi connectivity index (χ1) is 38.5. The van der Waals surface area contributed by atoms with Crippen LogP contribution in [0.25, 0.3) is 21.3 Å². The van der Waals surface area contributed by atoms with Gasteiger partial charge in [0.15, 0.2) is 39.9 Å². The van der Waals surface area contributed by atoms with E-state index in [0.717, 1.165) is 21.3 Å². The molecular weight excluding hydrogens is 1040 g/mol. The van der Waals surface area contributed by atoms with Crippen molar-refractivity contribution in [2.45, 2.75) is 115 Å². The van der Waals surface area contributed by atoms with E-state index in [-0.39, 0.29) is 78.5 Å². The number of para-hydroxylation sites is 3. The van der Waals surface area contributed by atoms with E-state index in [9.17, 15) is 39.0 Å². The number of amides is 2. The van der Waals surface area contributed by atoms with Gasteiger partial charge in [-0.15, -0.1) is 11.3 Å². The van der Waals surface area contributed by atoms with E-state index in [1.54, 1.807) is 24.3 Å². The fourth-order valence-electron chi connectivity index (χ4n) is 10.7. The van der Waals surface area contributed by atoms with Crippen LogP contribution in [0.5, 0.6) is 0 Å². The number of benzene rings is 4. The van der Waals surface area contributed by atoms with E-state index in [1.165, 1.54) is 21.1 Å². The molecule has 0 spiro atoms.